The van der Waals surface area contributed by atoms with Gasteiger partial charge in [0, 0.05) is 6.20 Å². The lowest BCUT2D eigenvalue weighted by atomic mass is 10.0. The first-order valence-corrected chi connectivity index (χ1v) is 9.12. The number of rotatable bonds is 5. The van der Waals surface area contributed by atoms with E-state index in [0.29, 0.717) is 23.5 Å². The van der Waals surface area contributed by atoms with Gasteiger partial charge >= 0.3 is 6.03 Å². The fraction of sp³-hybridized carbons (Fsp3) is 0.300. The van der Waals surface area contributed by atoms with Gasteiger partial charge < -0.3 is 16.0 Å². The van der Waals surface area contributed by atoms with Gasteiger partial charge in [-0.25, -0.2) is 4.79 Å². The van der Waals surface area contributed by atoms with Gasteiger partial charge in [-0.05, 0) is 36.6 Å². The molecule has 1 aliphatic heterocycles. The molecule has 2 heterocycles. The number of amides is 4. The summed E-state index contributed by atoms with van der Waals surface area (Å²) in [6.07, 6.45) is 3.61. The number of carbonyl (C=O) groups is 3. The summed E-state index contributed by atoms with van der Waals surface area (Å²) in [5.74, 6) is -0.430. The van der Waals surface area contributed by atoms with Gasteiger partial charge in [-0.2, -0.15) is 0 Å². The van der Waals surface area contributed by atoms with Crippen LogP contribution in [0.2, 0.25) is 0 Å². The Hall–Kier alpha value is -3.42. The van der Waals surface area contributed by atoms with Crippen molar-refractivity contribution in [2.45, 2.75) is 26.3 Å². The highest BCUT2D eigenvalue weighted by Gasteiger charge is 2.30. The van der Waals surface area contributed by atoms with Gasteiger partial charge in [0.15, 0.2) is 0 Å². The van der Waals surface area contributed by atoms with Crippen molar-refractivity contribution in [3.05, 3.63) is 48.8 Å². The van der Waals surface area contributed by atoms with Crippen molar-refractivity contribution < 1.29 is 14.4 Å². The fourth-order valence-electron chi connectivity index (χ4n) is 3.01. The molecule has 146 valence electrons. The molecule has 0 radical (unpaired) electrons. The summed E-state index contributed by atoms with van der Waals surface area (Å²) >= 11 is 0. The zero-order chi connectivity index (χ0) is 20.1. The third-order valence-electron chi connectivity index (χ3n) is 4.27. The molecule has 1 aromatic heterocycles. The number of para-hydroxylation sites is 2. The first kappa shape index (κ1) is 19.3. The molecule has 1 aliphatic rings. The molecule has 0 bridgehead atoms. The van der Waals surface area contributed by atoms with Crippen LogP contribution in [0.4, 0.5) is 21.9 Å². The number of anilines is 3. The normalized spacial score (nSPS) is 14.1. The molecular formula is C20H23N5O3. The summed E-state index contributed by atoms with van der Waals surface area (Å²) < 4.78 is 0. The predicted octanol–water partition coefficient (Wildman–Crippen LogP) is 2.60. The Bertz CT molecular complexity index is 869. The first-order chi connectivity index (χ1) is 13.4. The lowest BCUT2D eigenvalue weighted by Gasteiger charge is -2.31. The number of benzene rings is 1. The number of nitrogens with one attached hydrogen (secondary N) is 3. The van der Waals surface area contributed by atoms with Crippen LogP contribution >= 0.6 is 0 Å². The second kappa shape index (κ2) is 8.51. The summed E-state index contributed by atoms with van der Waals surface area (Å²) in [5.41, 5.74) is 1.71. The van der Waals surface area contributed by atoms with Gasteiger partial charge in [0.2, 0.25) is 11.8 Å². The summed E-state index contributed by atoms with van der Waals surface area (Å²) in [6, 6.07) is 9.26. The molecule has 8 nitrogen and oxygen atoms in total. The van der Waals surface area contributed by atoms with Crippen molar-refractivity contribution in [3.8, 4) is 0 Å². The molecule has 3 rings (SSSR count). The number of pyridine rings is 1. The number of hydrogen-bond donors (Lipinski definition) is 3. The predicted molar refractivity (Wildman–Crippen MR) is 107 cm³/mol. The van der Waals surface area contributed by atoms with E-state index in [-0.39, 0.29) is 24.3 Å². The highest BCUT2D eigenvalue weighted by Crippen LogP contribution is 2.28. The van der Waals surface area contributed by atoms with Crippen LogP contribution in [0.25, 0.3) is 0 Å². The van der Waals surface area contributed by atoms with Gasteiger partial charge in [-0.3, -0.25) is 19.5 Å². The van der Waals surface area contributed by atoms with Crippen LogP contribution in [0.5, 0.6) is 0 Å². The lowest BCUT2D eigenvalue weighted by molar-refractivity contribution is -0.118. The summed E-state index contributed by atoms with van der Waals surface area (Å²) in [7, 11) is 0. The largest absolute Gasteiger partial charge is 0.326 e. The molecule has 0 unspecified atom stereocenters. The van der Waals surface area contributed by atoms with E-state index in [1.807, 2.05) is 13.8 Å². The maximum Gasteiger partial charge on any atom is 0.323 e. The Morgan fingerprint density at radius 1 is 1.21 bits per heavy atom. The maximum atomic E-state index is 12.9. The minimum Gasteiger partial charge on any atom is -0.326 e. The van der Waals surface area contributed by atoms with E-state index in [2.05, 4.69) is 20.9 Å². The van der Waals surface area contributed by atoms with Crippen LogP contribution in [0, 0.1) is 5.92 Å². The molecule has 8 heteroatoms. The number of carbonyl (C=O) groups excluding carboxylic acids is 3. The van der Waals surface area contributed by atoms with Crippen LogP contribution < -0.4 is 20.9 Å². The molecular weight excluding hydrogens is 358 g/mol. The highest BCUT2D eigenvalue weighted by atomic mass is 16.2. The van der Waals surface area contributed by atoms with Crippen molar-refractivity contribution in [1.29, 1.82) is 0 Å². The van der Waals surface area contributed by atoms with E-state index in [9.17, 15) is 14.4 Å². The third-order valence-corrected chi connectivity index (χ3v) is 4.27. The lowest BCUT2D eigenvalue weighted by Crippen LogP contribution is -2.53. The molecule has 0 saturated heterocycles. The van der Waals surface area contributed by atoms with Gasteiger partial charge in [0.05, 0.1) is 23.3 Å². The Kier molecular flexibility index (Phi) is 5.88. The van der Waals surface area contributed by atoms with Crippen LogP contribution in [0.15, 0.2) is 48.8 Å². The zero-order valence-corrected chi connectivity index (χ0v) is 15.8. The summed E-state index contributed by atoms with van der Waals surface area (Å²) in [6.45, 7) is 3.84. The van der Waals surface area contributed by atoms with E-state index in [0.717, 1.165) is 0 Å². The minimum atomic E-state index is -0.746. The van der Waals surface area contributed by atoms with Crippen LogP contribution in [-0.4, -0.2) is 35.4 Å². The Balaban J connectivity index is 1.76. The maximum absolute atomic E-state index is 12.9. The molecule has 4 amide bonds. The minimum absolute atomic E-state index is 0.110. The highest BCUT2D eigenvalue weighted by molar-refractivity contribution is 6.10. The Labute approximate surface area is 163 Å². The van der Waals surface area contributed by atoms with Crippen LogP contribution in [0.3, 0.4) is 0 Å². The van der Waals surface area contributed by atoms with Crippen molar-refractivity contribution in [2.24, 2.45) is 5.92 Å². The Morgan fingerprint density at radius 3 is 2.71 bits per heavy atom. The smallest absolute Gasteiger partial charge is 0.323 e. The van der Waals surface area contributed by atoms with E-state index < -0.39 is 12.1 Å². The number of urea groups is 1. The van der Waals surface area contributed by atoms with E-state index >= 15 is 0 Å². The van der Waals surface area contributed by atoms with Crippen molar-refractivity contribution in [2.75, 3.05) is 22.1 Å². The van der Waals surface area contributed by atoms with E-state index in [4.69, 9.17) is 0 Å². The average Bonchev–Trinajstić information content (AvgIpc) is 2.67. The number of hydrogen-bond acceptors (Lipinski definition) is 4. The molecule has 0 fully saturated rings. The monoisotopic (exact) mass is 381 g/mol. The van der Waals surface area contributed by atoms with Crippen molar-refractivity contribution in [3.63, 3.8) is 0 Å². The second-order valence-corrected chi connectivity index (χ2v) is 7.01. The van der Waals surface area contributed by atoms with Gasteiger partial charge in [0.1, 0.15) is 12.6 Å². The van der Waals surface area contributed by atoms with E-state index in [1.165, 1.54) is 11.1 Å². The van der Waals surface area contributed by atoms with E-state index in [1.54, 1.807) is 42.6 Å². The topological polar surface area (TPSA) is 103 Å². The summed E-state index contributed by atoms with van der Waals surface area (Å²) in [5, 5.41) is 8.28. The molecule has 1 aromatic carbocycles. The van der Waals surface area contributed by atoms with Crippen LogP contribution in [0.1, 0.15) is 20.3 Å². The second-order valence-electron chi connectivity index (χ2n) is 7.01. The first-order valence-electron chi connectivity index (χ1n) is 9.12. The van der Waals surface area contributed by atoms with Gasteiger partial charge in [-0.15, -0.1) is 0 Å². The SMILES string of the molecule is CC(C)C[C@H](NC(=O)N1CC(=O)Nc2ccccc21)C(=O)Nc1cccnc1. The molecule has 0 aliphatic carbocycles. The molecule has 3 N–H and O–H groups in total. The summed E-state index contributed by atoms with van der Waals surface area (Å²) in [4.78, 5) is 42.9. The molecule has 0 spiro atoms. The number of fused-ring (bicyclic) bond motifs is 1. The van der Waals surface area contributed by atoms with Gasteiger partial charge in [0.25, 0.3) is 0 Å². The van der Waals surface area contributed by atoms with Gasteiger partial charge in [-0.1, -0.05) is 26.0 Å². The third kappa shape index (κ3) is 4.64. The van der Waals surface area contributed by atoms with Crippen molar-refractivity contribution in [1.82, 2.24) is 10.3 Å². The molecule has 1 atom stereocenters. The standard InChI is InChI=1S/C20H23N5O3/c1-13(2)10-16(19(27)22-14-6-5-9-21-11-14)24-20(28)25-12-18(26)23-15-7-3-4-8-17(15)25/h3-9,11,13,16H,10,12H2,1-2H3,(H,22,27)(H,23,26)(H,24,28)/t16-/m0/s1. The average molecular weight is 381 g/mol. The quantitative estimate of drug-likeness (QED) is 0.741. The molecule has 2 aromatic rings. The number of nitrogens with zero attached hydrogens (tertiary/aromatic N) is 2. The van der Waals surface area contributed by atoms with Crippen molar-refractivity contribution >= 4 is 34.9 Å². The fourth-order valence-corrected chi connectivity index (χ4v) is 3.01. The zero-order valence-electron chi connectivity index (χ0n) is 15.8. The number of aromatic nitrogens is 1. The van der Waals surface area contributed by atoms with Crippen LogP contribution in [-0.2, 0) is 9.59 Å². The molecule has 28 heavy (non-hydrogen) atoms. The molecule has 0 saturated carbocycles. The Morgan fingerprint density at radius 2 is 2.00 bits per heavy atom.